The van der Waals surface area contributed by atoms with E-state index in [2.05, 4.69) is 49.5 Å². The summed E-state index contributed by atoms with van der Waals surface area (Å²) in [5.74, 6) is 0.480. The lowest BCUT2D eigenvalue weighted by Gasteiger charge is -2.40. The van der Waals surface area contributed by atoms with Gasteiger partial charge in [-0.3, -0.25) is 10.1 Å². The highest BCUT2D eigenvalue weighted by Gasteiger charge is 2.43. The monoisotopic (exact) mass is 289 g/mol. The first-order valence-electron chi connectivity index (χ1n) is 8.07. The third-order valence-electron chi connectivity index (χ3n) is 4.34. The van der Waals surface area contributed by atoms with Gasteiger partial charge < -0.3 is 4.74 Å². The minimum absolute atomic E-state index is 0.0785. The Kier molecular flexibility index (Phi) is 5.40. The molecule has 0 aromatic heterocycles. The van der Waals surface area contributed by atoms with Crippen molar-refractivity contribution in [3.63, 3.8) is 0 Å². The lowest BCUT2D eigenvalue weighted by atomic mass is 9.74. The molecule has 1 aromatic carbocycles. The van der Waals surface area contributed by atoms with Crippen molar-refractivity contribution in [1.82, 2.24) is 5.32 Å². The zero-order valence-corrected chi connectivity index (χ0v) is 13.4. The van der Waals surface area contributed by atoms with E-state index in [9.17, 15) is 4.79 Å². The fourth-order valence-electron chi connectivity index (χ4n) is 3.40. The van der Waals surface area contributed by atoms with Crippen LogP contribution >= 0.6 is 0 Å². The molecule has 0 bridgehead atoms. The average Bonchev–Trinajstić information content (AvgIpc) is 2.48. The fraction of sp³-hybridized carbons (Fsp3) is 0.611. The zero-order chi connectivity index (χ0) is 15.3. The van der Waals surface area contributed by atoms with Gasteiger partial charge in [-0.25, -0.2) is 0 Å². The summed E-state index contributed by atoms with van der Waals surface area (Å²) in [5.41, 5.74) is 0.898. The highest BCUT2D eigenvalue weighted by molar-refractivity contribution is 5.81. The molecular weight excluding hydrogens is 262 g/mol. The van der Waals surface area contributed by atoms with Crippen LogP contribution in [0.2, 0.25) is 0 Å². The molecular formula is C18H27NO2. The van der Waals surface area contributed by atoms with Crippen molar-refractivity contribution in [3.05, 3.63) is 35.9 Å². The molecule has 1 fully saturated rings. The van der Waals surface area contributed by atoms with Crippen molar-refractivity contribution < 1.29 is 9.53 Å². The van der Waals surface area contributed by atoms with Crippen LogP contribution in [-0.4, -0.2) is 24.2 Å². The third-order valence-corrected chi connectivity index (χ3v) is 4.34. The van der Waals surface area contributed by atoms with Crippen molar-refractivity contribution >= 4 is 5.97 Å². The molecule has 0 spiro atoms. The first kappa shape index (κ1) is 16.0. The summed E-state index contributed by atoms with van der Waals surface area (Å²) in [6, 6.07) is 10.9. The second-order valence-corrected chi connectivity index (χ2v) is 6.29. The Hall–Kier alpha value is -1.35. The molecule has 1 aliphatic carbocycles. The summed E-state index contributed by atoms with van der Waals surface area (Å²) < 4.78 is 5.33. The van der Waals surface area contributed by atoms with E-state index in [1.54, 1.807) is 0 Å². The summed E-state index contributed by atoms with van der Waals surface area (Å²) in [5, 5.41) is 3.48. The van der Waals surface area contributed by atoms with Crippen molar-refractivity contribution in [1.29, 1.82) is 0 Å². The summed E-state index contributed by atoms with van der Waals surface area (Å²) in [6.07, 6.45) is 3.76. The molecule has 0 atom stereocenters. The van der Waals surface area contributed by atoms with Gasteiger partial charge in [0.2, 0.25) is 0 Å². The Bertz CT molecular complexity index is 448. The number of ether oxygens (including phenoxy) is 1. The first-order chi connectivity index (χ1) is 10.1. The highest BCUT2D eigenvalue weighted by atomic mass is 16.5. The molecule has 0 amide bonds. The number of rotatable bonds is 5. The Morgan fingerprint density at radius 3 is 2.43 bits per heavy atom. The molecule has 116 valence electrons. The maximum absolute atomic E-state index is 12.4. The maximum atomic E-state index is 12.4. The number of carbonyl (C=O) groups is 1. The van der Waals surface area contributed by atoms with Crippen LogP contribution in [0.5, 0.6) is 0 Å². The van der Waals surface area contributed by atoms with E-state index in [4.69, 9.17) is 4.74 Å². The molecule has 0 radical (unpaired) electrons. The Labute approximate surface area is 128 Å². The molecule has 0 unspecified atom stereocenters. The van der Waals surface area contributed by atoms with E-state index >= 15 is 0 Å². The smallest absolute Gasteiger partial charge is 0.326 e. The van der Waals surface area contributed by atoms with Crippen LogP contribution in [0.4, 0.5) is 0 Å². The van der Waals surface area contributed by atoms with Crippen LogP contribution in [0.15, 0.2) is 30.3 Å². The van der Waals surface area contributed by atoms with Gasteiger partial charge in [0.15, 0.2) is 0 Å². The van der Waals surface area contributed by atoms with Crippen LogP contribution in [0, 0.1) is 0 Å². The number of nitrogens with one attached hydrogen (secondary N) is 1. The predicted molar refractivity (Wildman–Crippen MR) is 85.3 cm³/mol. The summed E-state index contributed by atoms with van der Waals surface area (Å²) >= 11 is 0. The normalized spacial score (nSPS) is 25.8. The number of hydrogen-bond donors (Lipinski definition) is 1. The first-order valence-corrected chi connectivity index (χ1v) is 8.07. The van der Waals surface area contributed by atoms with Gasteiger partial charge in [-0.1, -0.05) is 30.3 Å². The van der Waals surface area contributed by atoms with Gasteiger partial charge in [-0.05, 0) is 57.9 Å². The van der Waals surface area contributed by atoms with Crippen LogP contribution in [-0.2, 0) is 9.53 Å². The fourth-order valence-corrected chi connectivity index (χ4v) is 3.40. The van der Waals surface area contributed by atoms with Gasteiger partial charge >= 0.3 is 5.97 Å². The lowest BCUT2D eigenvalue weighted by Crippen LogP contribution is -2.57. The number of benzene rings is 1. The van der Waals surface area contributed by atoms with Crippen LogP contribution in [0.1, 0.15) is 57.9 Å². The van der Waals surface area contributed by atoms with Gasteiger partial charge in [-0.2, -0.15) is 0 Å². The molecule has 3 nitrogen and oxygen atoms in total. The number of hydrogen-bond acceptors (Lipinski definition) is 3. The molecule has 0 saturated heterocycles. The van der Waals surface area contributed by atoms with Crippen molar-refractivity contribution in [3.8, 4) is 0 Å². The highest BCUT2D eigenvalue weighted by Crippen LogP contribution is 2.38. The minimum Gasteiger partial charge on any atom is -0.465 e. The molecule has 3 heteroatoms. The van der Waals surface area contributed by atoms with Gasteiger partial charge in [0.05, 0.1) is 6.61 Å². The van der Waals surface area contributed by atoms with E-state index < -0.39 is 5.54 Å². The third kappa shape index (κ3) is 3.85. The quantitative estimate of drug-likeness (QED) is 0.841. The second kappa shape index (κ2) is 7.08. The molecule has 1 aliphatic rings. The van der Waals surface area contributed by atoms with Crippen LogP contribution in [0.25, 0.3) is 0 Å². The lowest BCUT2D eigenvalue weighted by molar-refractivity contribution is -0.153. The summed E-state index contributed by atoms with van der Waals surface area (Å²) in [7, 11) is 0. The molecule has 0 heterocycles. The van der Waals surface area contributed by atoms with Crippen molar-refractivity contribution in [2.24, 2.45) is 0 Å². The summed E-state index contributed by atoms with van der Waals surface area (Å²) in [6.45, 7) is 6.49. The zero-order valence-electron chi connectivity index (χ0n) is 13.4. The summed E-state index contributed by atoms with van der Waals surface area (Å²) in [4.78, 5) is 12.4. The van der Waals surface area contributed by atoms with Crippen molar-refractivity contribution in [2.45, 2.75) is 64.0 Å². The van der Waals surface area contributed by atoms with Gasteiger partial charge in [0.1, 0.15) is 5.54 Å². The Morgan fingerprint density at radius 2 is 1.90 bits per heavy atom. The minimum atomic E-state index is -0.491. The topological polar surface area (TPSA) is 38.3 Å². The largest absolute Gasteiger partial charge is 0.465 e. The van der Waals surface area contributed by atoms with Gasteiger partial charge in [0, 0.05) is 6.04 Å². The molecule has 1 aromatic rings. The van der Waals surface area contributed by atoms with Crippen LogP contribution in [0.3, 0.4) is 0 Å². The molecule has 1 saturated carbocycles. The van der Waals surface area contributed by atoms with E-state index in [0.717, 1.165) is 25.7 Å². The van der Waals surface area contributed by atoms with Gasteiger partial charge in [-0.15, -0.1) is 0 Å². The molecule has 2 rings (SSSR count). The molecule has 21 heavy (non-hydrogen) atoms. The van der Waals surface area contributed by atoms with Crippen LogP contribution < -0.4 is 5.32 Å². The van der Waals surface area contributed by atoms with Crippen molar-refractivity contribution in [2.75, 3.05) is 6.61 Å². The predicted octanol–water partition coefficient (Wildman–Crippen LogP) is 3.64. The average molecular weight is 289 g/mol. The van der Waals surface area contributed by atoms with Gasteiger partial charge in [0.25, 0.3) is 0 Å². The van der Waals surface area contributed by atoms with E-state index in [-0.39, 0.29) is 12.0 Å². The number of esters is 1. The van der Waals surface area contributed by atoms with E-state index in [1.165, 1.54) is 5.56 Å². The molecule has 1 N–H and O–H groups in total. The number of carbonyl (C=O) groups excluding carboxylic acids is 1. The second-order valence-electron chi connectivity index (χ2n) is 6.29. The Balaban J connectivity index is 2.07. The Morgan fingerprint density at radius 1 is 1.29 bits per heavy atom. The molecule has 0 aliphatic heterocycles. The van der Waals surface area contributed by atoms with E-state index in [1.807, 2.05) is 6.92 Å². The maximum Gasteiger partial charge on any atom is 0.326 e. The van der Waals surface area contributed by atoms with E-state index in [0.29, 0.717) is 12.5 Å². The standard InChI is InChI=1S/C18H27NO2/c1-4-21-17(20)18(19-14(2)3)12-10-16(11-13-18)15-8-6-5-7-9-15/h5-9,14,16,19H,4,10-13H2,1-3H3. The SMILES string of the molecule is CCOC(=O)C1(NC(C)C)CCC(c2ccccc2)CC1.